The molecule has 0 aromatic carbocycles. The molecule has 0 saturated carbocycles. The summed E-state index contributed by atoms with van der Waals surface area (Å²) in [5.41, 5.74) is 0. The second kappa shape index (κ2) is 31.8. The average Bonchev–Trinajstić information content (AvgIpc) is 2.84. The van der Waals surface area contributed by atoms with Crippen LogP contribution in [0.1, 0.15) is 174 Å². The van der Waals surface area contributed by atoms with Gasteiger partial charge in [-0.15, -0.1) is 0 Å². The Labute approximate surface area is 275 Å². The average molecular weight is 569 g/mol. The Balaban J connectivity index is 0. The molecule has 0 aliphatic heterocycles. The van der Waals surface area contributed by atoms with E-state index in [0.29, 0.717) is 0 Å². The van der Waals surface area contributed by atoms with Crippen LogP contribution in [0.4, 0.5) is 0 Å². The van der Waals surface area contributed by atoms with E-state index in [1.807, 2.05) is 0 Å². The molecule has 0 aliphatic carbocycles. The van der Waals surface area contributed by atoms with Crippen molar-refractivity contribution in [3.05, 3.63) is 12.2 Å². The summed E-state index contributed by atoms with van der Waals surface area (Å²) in [5, 5.41) is 0. The van der Waals surface area contributed by atoms with Crippen molar-refractivity contribution in [2.75, 3.05) is 6.61 Å². The molecule has 216 valence electrons. The Kier molecular flexibility index (Phi) is 34.7. The molecular formula is C31H61KO4S. The maximum Gasteiger partial charge on any atom is 1.00 e. The van der Waals surface area contributed by atoms with Crippen LogP contribution >= 0.6 is 0 Å². The Morgan fingerprint density at radius 1 is 0.595 bits per heavy atom. The van der Waals surface area contributed by atoms with Gasteiger partial charge in [0.05, 0.1) is 6.61 Å². The smallest absolute Gasteiger partial charge is 0.726 e. The van der Waals surface area contributed by atoms with Crippen molar-refractivity contribution < 1.29 is 68.5 Å². The van der Waals surface area contributed by atoms with E-state index in [1.165, 1.54) is 141 Å². The van der Waals surface area contributed by atoms with Crippen molar-refractivity contribution in [3.63, 3.8) is 0 Å². The maximum absolute atomic E-state index is 10.9. The maximum atomic E-state index is 10.9. The van der Waals surface area contributed by atoms with E-state index in [2.05, 4.69) is 30.2 Å². The molecule has 0 radical (unpaired) electrons. The van der Waals surface area contributed by atoms with Crippen LogP contribution in [0.3, 0.4) is 0 Å². The van der Waals surface area contributed by atoms with Gasteiger partial charge in [0.2, 0.25) is 10.4 Å². The fraction of sp³-hybridized carbons (Fsp3) is 0.935. The van der Waals surface area contributed by atoms with Gasteiger partial charge < -0.3 is 4.55 Å². The molecular weight excluding hydrogens is 508 g/mol. The molecule has 6 heteroatoms. The number of hydrogen-bond acceptors (Lipinski definition) is 4. The second-order valence-corrected chi connectivity index (χ2v) is 11.9. The molecule has 0 aromatic rings. The molecule has 1 atom stereocenters. The second-order valence-electron chi connectivity index (χ2n) is 10.9. The zero-order valence-electron chi connectivity index (χ0n) is 25.2. The summed E-state index contributed by atoms with van der Waals surface area (Å²) in [6.07, 6.45) is 36.6. The Bertz CT molecular complexity index is 566. The summed E-state index contributed by atoms with van der Waals surface area (Å²) in [6.45, 7) is 4.50. The quantitative estimate of drug-likeness (QED) is 0.0309. The van der Waals surface area contributed by atoms with Crippen LogP contribution in [0, 0.1) is 5.92 Å². The zero-order valence-corrected chi connectivity index (χ0v) is 29.1. The standard InChI is InChI=1S/C31H62O4S.K/c1-3-5-7-9-11-13-14-15-16-17-18-19-21-23-25-27-29-31(30-35-36(32,33)34)28-26-24-22-20-12-10-8-6-4-2;/h27,29,31H,3-26,28,30H2,1-2H3,(H,32,33,34);/q;+1/p-1/b29-27+;. The fourth-order valence-corrected chi connectivity index (χ4v) is 5.21. The minimum atomic E-state index is -4.61. The molecule has 0 heterocycles. The van der Waals surface area contributed by atoms with Crippen molar-refractivity contribution in [2.24, 2.45) is 5.92 Å². The molecule has 0 N–H and O–H groups in total. The van der Waals surface area contributed by atoms with Crippen LogP contribution in [-0.4, -0.2) is 19.6 Å². The monoisotopic (exact) mass is 568 g/mol. The zero-order chi connectivity index (χ0) is 26.6. The molecule has 0 aromatic heterocycles. The molecule has 0 spiro atoms. The van der Waals surface area contributed by atoms with Gasteiger partial charge in [0.15, 0.2) is 0 Å². The van der Waals surface area contributed by atoms with Crippen molar-refractivity contribution >= 4 is 10.4 Å². The van der Waals surface area contributed by atoms with Crippen LogP contribution in [0.25, 0.3) is 0 Å². The first kappa shape index (κ1) is 40.4. The van der Waals surface area contributed by atoms with E-state index < -0.39 is 10.4 Å². The number of rotatable bonds is 29. The van der Waals surface area contributed by atoms with Gasteiger partial charge in [0.1, 0.15) is 0 Å². The molecule has 1 unspecified atom stereocenters. The van der Waals surface area contributed by atoms with Gasteiger partial charge in [-0.3, -0.25) is 4.18 Å². The third-order valence-corrected chi connectivity index (χ3v) is 7.66. The first-order valence-corrected chi connectivity index (χ1v) is 17.1. The number of allylic oxidation sites excluding steroid dienone is 1. The molecule has 4 nitrogen and oxygen atoms in total. The summed E-state index contributed by atoms with van der Waals surface area (Å²) in [6, 6.07) is 0. The summed E-state index contributed by atoms with van der Waals surface area (Å²) in [5.74, 6) is 0.0184. The minimum Gasteiger partial charge on any atom is -0.726 e. The Morgan fingerprint density at radius 2 is 0.946 bits per heavy atom. The van der Waals surface area contributed by atoms with Crippen LogP contribution in [0.15, 0.2) is 12.2 Å². The largest absolute Gasteiger partial charge is 1.00 e. The van der Waals surface area contributed by atoms with Crippen LogP contribution in [0.5, 0.6) is 0 Å². The first-order chi connectivity index (χ1) is 17.5. The molecule has 0 aliphatic rings. The SMILES string of the molecule is CCCCCCCCCCCCCCCC/C=C/C(CCCCCCCCCCC)COS(=O)(=O)[O-].[K+]. The number of unbranched alkanes of at least 4 members (excludes halogenated alkanes) is 22. The predicted molar refractivity (Wildman–Crippen MR) is 155 cm³/mol. The number of hydrogen-bond donors (Lipinski definition) is 0. The third kappa shape index (κ3) is 35.2. The molecule has 0 fully saturated rings. The molecule has 0 saturated heterocycles. The fourth-order valence-electron chi connectivity index (χ4n) is 4.87. The first-order valence-electron chi connectivity index (χ1n) is 15.8. The molecule has 37 heavy (non-hydrogen) atoms. The van der Waals surface area contributed by atoms with E-state index in [1.54, 1.807) is 0 Å². The minimum absolute atomic E-state index is 0. The van der Waals surface area contributed by atoms with Gasteiger partial charge in [-0.25, -0.2) is 8.42 Å². The summed E-state index contributed by atoms with van der Waals surface area (Å²) in [4.78, 5) is 0. The van der Waals surface area contributed by atoms with Gasteiger partial charge >= 0.3 is 51.4 Å². The van der Waals surface area contributed by atoms with Crippen molar-refractivity contribution in [3.8, 4) is 0 Å². The normalized spacial score (nSPS) is 12.7. The van der Waals surface area contributed by atoms with Crippen molar-refractivity contribution in [1.82, 2.24) is 0 Å². The topological polar surface area (TPSA) is 66.4 Å². The van der Waals surface area contributed by atoms with E-state index in [4.69, 9.17) is 0 Å². The van der Waals surface area contributed by atoms with E-state index in [-0.39, 0.29) is 63.9 Å². The van der Waals surface area contributed by atoms with E-state index in [9.17, 15) is 13.0 Å². The summed E-state index contributed by atoms with van der Waals surface area (Å²) < 4.78 is 37.2. The van der Waals surface area contributed by atoms with Crippen molar-refractivity contribution in [2.45, 2.75) is 174 Å². The van der Waals surface area contributed by atoms with Crippen LogP contribution in [0.2, 0.25) is 0 Å². The van der Waals surface area contributed by atoms with E-state index >= 15 is 0 Å². The van der Waals surface area contributed by atoms with Crippen LogP contribution < -0.4 is 51.4 Å². The van der Waals surface area contributed by atoms with Gasteiger partial charge in [0.25, 0.3) is 0 Å². The van der Waals surface area contributed by atoms with Gasteiger partial charge in [-0.2, -0.15) is 0 Å². The third-order valence-electron chi connectivity index (χ3n) is 7.24. The summed E-state index contributed by atoms with van der Waals surface area (Å²) in [7, 11) is -4.61. The van der Waals surface area contributed by atoms with Crippen LogP contribution in [-0.2, 0) is 14.6 Å². The Morgan fingerprint density at radius 3 is 1.32 bits per heavy atom. The Hall–Kier alpha value is 1.25. The molecule has 0 bridgehead atoms. The van der Waals surface area contributed by atoms with Gasteiger partial charge in [0, 0.05) is 5.92 Å². The summed E-state index contributed by atoms with van der Waals surface area (Å²) >= 11 is 0. The molecule has 0 rings (SSSR count). The predicted octanol–water partition coefficient (Wildman–Crippen LogP) is 7.43. The molecule has 0 amide bonds. The van der Waals surface area contributed by atoms with E-state index in [0.717, 1.165) is 19.3 Å². The van der Waals surface area contributed by atoms with Gasteiger partial charge in [-0.05, 0) is 19.3 Å². The van der Waals surface area contributed by atoms with Crippen molar-refractivity contribution in [1.29, 1.82) is 0 Å². The van der Waals surface area contributed by atoms with Gasteiger partial charge in [-0.1, -0.05) is 167 Å².